The van der Waals surface area contributed by atoms with Crippen LogP contribution in [0.3, 0.4) is 0 Å². The molecule has 2 unspecified atom stereocenters. The van der Waals surface area contributed by atoms with Crippen LogP contribution in [0.4, 0.5) is 0 Å². The smallest absolute Gasteiger partial charge is 0.341 e. The molecule has 0 heterocycles. The molecule has 0 fully saturated rings. The Morgan fingerprint density at radius 3 is 1.74 bits per heavy atom. The van der Waals surface area contributed by atoms with E-state index in [1.165, 1.54) is 0 Å². The van der Waals surface area contributed by atoms with Crippen LogP contribution < -0.4 is 5.32 Å². The molecule has 0 bridgehead atoms. The van der Waals surface area contributed by atoms with E-state index in [2.05, 4.69) is 10.1 Å². The van der Waals surface area contributed by atoms with E-state index >= 15 is 0 Å². The fourth-order valence-corrected chi connectivity index (χ4v) is 0.772. The van der Waals surface area contributed by atoms with Gasteiger partial charge in [0.1, 0.15) is 12.5 Å². The van der Waals surface area contributed by atoms with Crippen molar-refractivity contribution in [3.05, 3.63) is 0 Å². The predicted octanol–water partition coefficient (Wildman–Crippen LogP) is -1.27. The van der Waals surface area contributed by atoms with Crippen molar-refractivity contribution >= 4 is 17.9 Å². The van der Waals surface area contributed by atoms with E-state index < -0.39 is 37.0 Å². The summed E-state index contributed by atoms with van der Waals surface area (Å²) in [5.41, 5.74) is 0. The first-order valence-corrected chi connectivity index (χ1v) is 5.36. The molecule has 0 aliphatic carbocycles. The molecule has 9 nitrogen and oxygen atoms in total. The molecular formula is C10H19NO8. The molecule has 0 aromatic rings. The number of ether oxygens (including phenoxy) is 1. The maximum Gasteiger partial charge on any atom is 0.341 e. The lowest BCUT2D eigenvalue weighted by Crippen LogP contribution is -2.33. The zero-order valence-electron chi connectivity index (χ0n) is 10.7. The fourth-order valence-electron chi connectivity index (χ4n) is 0.772. The highest BCUT2D eigenvalue weighted by Gasteiger charge is 2.07. The summed E-state index contributed by atoms with van der Waals surface area (Å²) in [6.45, 7) is 2.37. The molecule has 19 heavy (non-hydrogen) atoms. The fraction of sp³-hybridized carbons (Fsp3) is 0.700. The van der Waals surface area contributed by atoms with Crippen molar-refractivity contribution in [3.8, 4) is 0 Å². The van der Waals surface area contributed by atoms with Gasteiger partial charge >= 0.3 is 17.9 Å². The number of carboxylic acids is 2. The highest BCUT2D eigenvalue weighted by atomic mass is 16.5. The Morgan fingerprint density at radius 2 is 1.47 bits per heavy atom. The topological polar surface area (TPSA) is 153 Å². The molecule has 0 aliphatic heterocycles. The van der Waals surface area contributed by atoms with Gasteiger partial charge in [-0.05, 0) is 13.8 Å². The summed E-state index contributed by atoms with van der Waals surface area (Å²) < 4.78 is 4.15. The van der Waals surface area contributed by atoms with E-state index in [0.29, 0.717) is 0 Å². The maximum atomic E-state index is 10.5. The van der Waals surface area contributed by atoms with Gasteiger partial charge in [0.15, 0.2) is 6.61 Å². The van der Waals surface area contributed by atoms with Gasteiger partial charge in [-0.2, -0.15) is 0 Å². The first-order chi connectivity index (χ1) is 8.65. The average Bonchev–Trinajstić information content (AvgIpc) is 2.22. The number of hydrogen-bond acceptors (Lipinski definition) is 7. The van der Waals surface area contributed by atoms with E-state index in [1.807, 2.05) is 0 Å². The number of esters is 1. The van der Waals surface area contributed by atoms with Crippen LogP contribution in [0.1, 0.15) is 26.7 Å². The van der Waals surface area contributed by atoms with Gasteiger partial charge in [0.05, 0.1) is 12.8 Å². The van der Waals surface area contributed by atoms with Gasteiger partial charge < -0.3 is 25.2 Å². The lowest BCUT2D eigenvalue weighted by molar-refractivity contribution is -0.156. The second-order valence-electron chi connectivity index (χ2n) is 3.47. The van der Waals surface area contributed by atoms with Gasteiger partial charge in [-0.15, -0.1) is 0 Å². The highest BCUT2D eigenvalue weighted by molar-refractivity contribution is 5.78. The van der Waals surface area contributed by atoms with E-state index in [0.717, 1.165) is 0 Å². The molecule has 0 saturated carbocycles. The van der Waals surface area contributed by atoms with Crippen molar-refractivity contribution in [2.75, 3.05) is 6.61 Å². The molecular weight excluding hydrogens is 262 g/mol. The summed E-state index contributed by atoms with van der Waals surface area (Å²) in [5.74, 6) is -3.21. The number of hydrogen-bond donors (Lipinski definition) is 5. The van der Waals surface area contributed by atoms with Crippen LogP contribution in [-0.2, 0) is 19.1 Å². The van der Waals surface area contributed by atoms with Crippen molar-refractivity contribution < 1.29 is 39.5 Å². The van der Waals surface area contributed by atoms with Crippen molar-refractivity contribution in [3.63, 3.8) is 0 Å². The number of aliphatic hydroxyl groups excluding tert-OH is 2. The van der Waals surface area contributed by atoms with Gasteiger partial charge in [-0.1, -0.05) is 0 Å². The van der Waals surface area contributed by atoms with Gasteiger partial charge in [-0.25, -0.2) is 4.79 Å². The Morgan fingerprint density at radius 1 is 1.00 bits per heavy atom. The number of carbonyl (C=O) groups is 3. The minimum Gasteiger partial charge on any atom is -0.481 e. The predicted molar refractivity (Wildman–Crippen MR) is 62.0 cm³/mol. The molecule has 5 N–H and O–H groups in total. The average molecular weight is 281 g/mol. The van der Waals surface area contributed by atoms with Crippen molar-refractivity contribution in [1.82, 2.24) is 5.32 Å². The Kier molecular flexibility index (Phi) is 11.8. The van der Waals surface area contributed by atoms with Crippen LogP contribution in [0, 0.1) is 0 Å². The van der Waals surface area contributed by atoms with Crippen molar-refractivity contribution in [2.45, 2.75) is 39.1 Å². The van der Waals surface area contributed by atoms with Gasteiger partial charge in [0.2, 0.25) is 0 Å². The molecule has 0 rings (SSSR count). The summed E-state index contributed by atoms with van der Waals surface area (Å²) in [7, 11) is 0. The van der Waals surface area contributed by atoms with E-state index in [9.17, 15) is 14.4 Å². The first kappa shape index (κ1) is 19.6. The third-order valence-electron chi connectivity index (χ3n) is 1.38. The van der Waals surface area contributed by atoms with E-state index in [4.69, 9.17) is 20.4 Å². The SMILES string of the molecule is CC(O)NC(C)O.O=C(O)CCC(=O)OCC(=O)O. The van der Waals surface area contributed by atoms with Gasteiger partial charge in [-0.3, -0.25) is 14.9 Å². The first-order valence-electron chi connectivity index (χ1n) is 5.36. The standard InChI is InChI=1S/C6H8O6.C4H11NO2/c7-4(8)1-2-6(11)12-3-5(9)10;1-3(6)5-4(2)7/h1-3H2,(H,7,8)(H,9,10);3-7H,1-2H3. The zero-order chi connectivity index (χ0) is 15.4. The van der Waals surface area contributed by atoms with Gasteiger partial charge in [0, 0.05) is 0 Å². The molecule has 112 valence electrons. The molecule has 0 radical (unpaired) electrons. The number of aliphatic hydroxyl groups is 2. The molecule has 2 atom stereocenters. The minimum absolute atomic E-state index is 0.303. The second-order valence-corrected chi connectivity index (χ2v) is 3.47. The summed E-state index contributed by atoms with van der Waals surface area (Å²) in [6.07, 6.45) is -1.90. The summed E-state index contributed by atoms with van der Waals surface area (Å²) in [6, 6.07) is 0. The van der Waals surface area contributed by atoms with Crippen molar-refractivity contribution in [1.29, 1.82) is 0 Å². The number of carboxylic acid groups (broad SMARTS) is 2. The summed E-state index contributed by atoms with van der Waals surface area (Å²) in [5, 5.41) is 35.5. The number of aliphatic carboxylic acids is 2. The summed E-state index contributed by atoms with van der Waals surface area (Å²) in [4.78, 5) is 30.3. The third kappa shape index (κ3) is 22.0. The normalized spacial score (nSPS) is 12.6. The Labute approximate surface area is 109 Å². The van der Waals surface area contributed by atoms with Crippen LogP contribution >= 0.6 is 0 Å². The molecule has 0 aliphatic rings. The number of rotatable bonds is 7. The minimum atomic E-state index is -1.27. The van der Waals surface area contributed by atoms with E-state index in [-0.39, 0.29) is 12.8 Å². The van der Waals surface area contributed by atoms with Crippen LogP contribution in [0.5, 0.6) is 0 Å². The zero-order valence-corrected chi connectivity index (χ0v) is 10.7. The quantitative estimate of drug-likeness (QED) is 0.284. The van der Waals surface area contributed by atoms with Crippen LogP contribution in [0.25, 0.3) is 0 Å². The Hall–Kier alpha value is -1.71. The van der Waals surface area contributed by atoms with Crippen LogP contribution in [-0.4, -0.2) is 57.4 Å². The van der Waals surface area contributed by atoms with Crippen LogP contribution in [0.2, 0.25) is 0 Å². The summed E-state index contributed by atoms with van der Waals surface area (Å²) >= 11 is 0. The van der Waals surface area contributed by atoms with Crippen molar-refractivity contribution in [2.24, 2.45) is 0 Å². The molecule has 9 heteroatoms. The largest absolute Gasteiger partial charge is 0.481 e. The molecule has 0 aromatic heterocycles. The maximum absolute atomic E-state index is 10.5. The van der Waals surface area contributed by atoms with Crippen LogP contribution in [0.15, 0.2) is 0 Å². The second kappa shape index (κ2) is 11.4. The third-order valence-corrected chi connectivity index (χ3v) is 1.38. The molecule has 0 spiro atoms. The highest BCUT2D eigenvalue weighted by Crippen LogP contribution is 1.92. The molecule has 0 saturated heterocycles. The van der Waals surface area contributed by atoms with Gasteiger partial charge in [0.25, 0.3) is 0 Å². The molecule has 0 amide bonds. The lowest BCUT2D eigenvalue weighted by atomic mass is 10.3. The number of carbonyl (C=O) groups excluding carboxylic acids is 1. The monoisotopic (exact) mass is 281 g/mol. The Bertz CT molecular complexity index is 263. The Balaban J connectivity index is 0. The van der Waals surface area contributed by atoms with E-state index in [1.54, 1.807) is 13.8 Å². The number of nitrogens with one attached hydrogen (secondary N) is 1. The molecule has 0 aromatic carbocycles. The lowest BCUT2D eigenvalue weighted by Gasteiger charge is -2.08.